The van der Waals surface area contributed by atoms with E-state index < -0.39 is 5.79 Å². The van der Waals surface area contributed by atoms with Crippen molar-refractivity contribution in [3.63, 3.8) is 0 Å². The summed E-state index contributed by atoms with van der Waals surface area (Å²) >= 11 is 0. The van der Waals surface area contributed by atoms with Crippen LogP contribution in [0.3, 0.4) is 0 Å². The fraction of sp³-hybridized carbons (Fsp3) is 0.873. The van der Waals surface area contributed by atoms with Crippen molar-refractivity contribution in [2.24, 2.45) is 41.4 Å². The van der Waals surface area contributed by atoms with Gasteiger partial charge in [-0.2, -0.15) is 0 Å². The van der Waals surface area contributed by atoms with E-state index in [-0.39, 0.29) is 41.7 Å². The van der Waals surface area contributed by atoms with Crippen LogP contribution in [0.15, 0.2) is 36.5 Å². The Bertz CT molecular complexity index is 1300. The average Bonchev–Trinajstić information content (AvgIpc) is 4.09. The van der Waals surface area contributed by atoms with Crippen molar-refractivity contribution in [2.45, 2.75) is 239 Å². The number of carbonyl (C=O) groups excluding carboxylic acids is 1. The van der Waals surface area contributed by atoms with Gasteiger partial charge in [0.1, 0.15) is 0 Å². The maximum Gasteiger partial charge on any atom is 0.168 e. The molecule has 2 aliphatic heterocycles. The quantitative estimate of drug-likeness (QED) is 0.0248. The van der Waals surface area contributed by atoms with E-state index in [4.69, 9.17) is 29.5 Å². The number of ketones is 1. The SMILES string of the molecule is CCCCCCCC1(CC[C@@H]2[C@@H](C/C=C\CCCC(OO)C(C)C)[C@@H](O)C[C@H]2C)OCCO1.CCCCCCCC1(CC[C@H]2C=CC(=O)[C@@H]2C/C=C\CCCC(OO)C(C)C)OCCO1. The van der Waals surface area contributed by atoms with Crippen LogP contribution in [0.25, 0.3) is 0 Å². The zero-order valence-corrected chi connectivity index (χ0v) is 42.4. The average molecular weight is 919 g/mol. The number of carbonyl (C=O) groups is 1. The van der Waals surface area contributed by atoms with E-state index in [1.165, 1.54) is 57.8 Å². The lowest BCUT2D eigenvalue weighted by Crippen LogP contribution is -2.32. The normalized spacial score (nSPS) is 26.1. The van der Waals surface area contributed by atoms with Gasteiger partial charge in [0.25, 0.3) is 0 Å². The molecule has 2 unspecified atom stereocenters. The molecule has 0 spiro atoms. The van der Waals surface area contributed by atoms with Crippen LogP contribution in [-0.4, -0.2) is 77.7 Å². The molecular formula is C55H98O10. The molecular weight excluding hydrogens is 821 g/mol. The number of ether oxygens (including phenoxy) is 4. The maximum absolute atomic E-state index is 12.4. The van der Waals surface area contributed by atoms with Gasteiger partial charge in [0.2, 0.25) is 0 Å². The number of aliphatic hydroxyl groups is 1. The lowest BCUT2D eigenvalue weighted by atomic mass is 9.82. The van der Waals surface area contributed by atoms with E-state index in [0.29, 0.717) is 56.0 Å². The number of hydrogen-bond donors (Lipinski definition) is 3. The van der Waals surface area contributed by atoms with E-state index >= 15 is 0 Å². The van der Waals surface area contributed by atoms with Gasteiger partial charge in [-0.15, -0.1) is 0 Å². The fourth-order valence-electron chi connectivity index (χ4n) is 10.8. The van der Waals surface area contributed by atoms with Crippen molar-refractivity contribution >= 4 is 5.78 Å². The number of unbranched alkanes of at least 4 members (excludes halogenated alkanes) is 10. The molecule has 2 aliphatic carbocycles. The zero-order valence-electron chi connectivity index (χ0n) is 42.4. The first kappa shape index (κ1) is 57.8. The predicted octanol–water partition coefficient (Wildman–Crippen LogP) is 14.0. The zero-order chi connectivity index (χ0) is 47.3. The molecule has 0 aromatic carbocycles. The fourth-order valence-corrected chi connectivity index (χ4v) is 10.8. The lowest BCUT2D eigenvalue weighted by molar-refractivity contribution is -0.289. The summed E-state index contributed by atoms with van der Waals surface area (Å²) in [4.78, 5) is 21.6. The topological polar surface area (TPSA) is 133 Å². The predicted molar refractivity (Wildman–Crippen MR) is 262 cm³/mol. The molecule has 10 heteroatoms. The molecule has 65 heavy (non-hydrogen) atoms. The highest BCUT2D eigenvalue weighted by atomic mass is 17.1. The van der Waals surface area contributed by atoms with Crippen molar-refractivity contribution in [3.8, 4) is 0 Å². The minimum absolute atomic E-state index is 0.0402. The van der Waals surface area contributed by atoms with Crippen molar-refractivity contribution in [1.29, 1.82) is 0 Å². The van der Waals surface area contributed by atoms with E-state index in [9.17, 15) is 9.90 Å². The Kier molecular flexibility index (Phi) is 29.5. The summed E-state index contributed by atoms with van der Waals surface area (Å²) < 4.78 is 24.4. The van der Waals surface area contributed by atoms with Gasteiger partial charge in [-0.25, -0.2) is 9.78 Å². The van der Waals surface area contributed by atoms with Crippen LogP contribution in [0, 0.1) is 41.4 Å². The molecule has 8 atom stereocenters. The van der Waals surface area contributed by atoms with Crippen LogP contribution < -0.4 is 0 Å². The summed E-state index contributed by atoms with van der Waals surface area (Å²) in [5.41, 5.74) is 0. The molecule has 2 heterocycles. The second-order valence-corrected chi connectivity index (χ2v) is 20.8. The third-order valence-electron chi connectivity index (χ3n) is 15.1. The Balaban J connectivity index is 0.000000345. The Morgan fingerprint density at radius 3 is 1.60 bits per heavy atom. The number of aliphatic hydroxyl groups excluding tert-OH is 1. The van der Waals surface area contributed by atoms with Crippen molar-refractivity contribution < 1.29 is 49.1 Å². The Morgan fingerprint density at radius 2 is 1.12 bits per heavy atom. The van der Waals surface area contributed by atoms with Gasteiger partial charge < -0.3 is 24.1 Å². The molecule has 3 N–H and O–H groups in total. The molecule has 0 bridgehead atoms. The highest BCUT2D eigenvalue weighted by molar-refractivity contribution is 5.94. The van der Waals surface area contributed by atoms with Gasteiger partial charge in [0.15, 0.2) is 17.4 Å². The third kappa shape index (κ3) is 21.4. The Hall–Kier alpha value is -1.47. The first-order valence-electron chi connectivity index (χ1n) is 26.8. The van der Waals surface area contributed by atoms with Gasteiger partial charge in [0, 0.05) is 31.6 Å². The molecule has 0 radical (unpaired) electrons. The Labute approximate surface area is 396 Å². The van der Waals surface area contributed by atoms with Gasteiger partial charge in [0.05, 0.1) is 44.7 Å². The second kappa shape index (κ2) is 33.1. The first-order valence-corrected chi connectivity index (χ1v) is 26.8. The largest absolute Gasteiger partial charge is 0.393 e. The standard InChI is InChI=1S/C28H52O5.C27H46O5/c1-5-6-7-10-13-17-28(31-19-20-32-28)18-16-24-23(4)21-26(29)25(24)14-11-8-9-12-15-27(33-30)22(2)3;1-4-5-6-9-12-18-27(30-20-21-31-27)19-17-23-15-16-25(28)24(23)13-10-7-8-11-14-26(32-29)22(2)3/h8,11,22-27,29-30H,5-7,9-10,12-21H2,1-4H3;7,10,15-16,22-24,26,29H,4-6,8-9,11-14,17-21H2,1-3H3/b11-8-;10-7-/t23-,24+,25-,26+,27?;23-,24-,26?/m11/s1. The summed E-state index contributed by atoms with van der Waals surface area (Å²) in [7, 11) is 0. The molecule has 378 valence electrons. The summed E-state index contributed by atoms with van der Waals surface area (Å²) in [6.45, 7) is 17.8. The third-order valence-corrected chi connectivity index (χ3v) is 15.1. The van der Waals surface area contributed by atoms with Crippen LogP contribution in [0.1, 0.15) is 209 Å². The highest BCUT2D eigenvalue weighted by Crippen LogP contribution is 2.44. The monoisotopic (exact) mass is 919 g/mol. The van der Waals surface area contributed by atoms with Crippen LogP contribution in [0.2, 0.25) is 0 Å². The van der Waals surface area contributed by atoms with Crippen LogP contribution in [0.4, 0.5) is 0 Å². The van der Waals surface area contributed by atoms with Crippen molar-refractivity contribution in [1.82, 2.24) is 0 Å². The minimum Gasteiger partial charge on any atom is -0.393 e. The summed E-state index contributed by atoms with van der Waals surface area (Å²) in [5, 5.41) is 28.7. The molecule has 0 aromatic heterocycles. The second-order valence-electron chi connectivity index (χ2n) is 20.8. The summed E-state index contributed by atoms with van der Waals surface area (Å²) in [6.07, 6.45) is 38.8. The molecule has 2 saturated heterocycles. The number of allylic oxidation sites excluding steroid dienone is 6. The molecule has 0 aromatic rings. The molecule has 3 fully saturated rings. The molecule has 0 amide bonds. The lowest BCUT2D eigenvalue weighted by Gasteiger charge is -2.31. The molecule has 4 aliphatic rings. The van der Waals surface area contributed by atoms with E-state index in [2.05, 4.69) is 74.8 Å². The minimum atomic E-state index is -0.437. The van der Waals surface area contributed by atoms with E-state index in [1.807, 2.05) is 13.8 Å². The van der Waals surface area contributed by atoms with Gasteiger partial charge in [-0.1, -0.05) is 130 Å². The first-order chi connectivity index (χ1) is 31.4. The van der Waals surface area contributed by atoms with Gasteiger partial charge in [-0.05, 0) is 125 Å². The Morgan fingerprint density at radius 1 is 0.646 bits per heavy atom. The van der Waals surface area contributed by atoms with Gasteiger partial charge >= 0.3 is 0 Å². The summed E-state index contributed by atoms with van der Waals surface area (Å²) in [5.74, 6) is 1.73. The van der Waals surface area contributed by atoms with E-state index in [1.54, 1.807) is 6.08 Å². The van der Waals surface area contributed by atoms with Crippen molar-refractivity contribution in [3.05, 3.63) is 36.5 Å². The highest BCUT2D eigenvalue weighted by Gasteiger charge is 2.43. The van der Waals surface area contributed by atoms with Crippen LogP contribution in [-0.2, 0) is 33.5 Å². The van der Waals surface area contributed by atoms with Crippen LogP contribution in [0.5, 0.6) is 0 Å². The van der Waals surface area contributed by atoms with Crippen LogP contribution >= 0.6 is 0 Å². The van der Waals surface area contributed by atoms with Crippen molar-refractivity contribution in [2.75, 3.05) is 26.4 Å². The number of rotatable bonds is 34. The molecule has 10 nitrogen and oxygen atoms in total. The molecule has 1 saturated carbocycles. The van der Waals surface area contributed by atoms with Gasteiger partial charge in [-0.3, -0.25) is 15.3 Å². The smallest absolute Gasteiger partial charge is 0.168 e. The number of hydrogen-bond acceptors (Lipinski definition) is 10. The molecule has 4 rings (SSSR count). The summed E-state index contributed by atoms with van der Waals surface area (Å²) in [6, 6.07) is 0. The maximum atomic E-state index is 12.4. The van der Waals surface area contributed by atoms with E-state index in [0.717, 1.165) is 103 Å².